The fourth-order valence-corrected chi connectivity index (χ4v) is 10.0. The van der Waals surface area contributed by atoms with Crippen LogP contribution in [0.5, 0.6) is 0 Å². The highest BCUT2D eigenvalue weighted by Gasteiger charge is 2.61. The first-order chi connectivity index (χ1) is 20.0. The van der Waals surface area contributed by atoms with E-state index in [2.05, 4.69) is 59.2 Å². The van der Waals surface area contributed by atoms with Crippen molar-refractivity contribution in [2.24, 2.45) is 29.1 Å². The minimum absolute atomic E-state index is 0.00851. The Bertz CT molecular complexity index is 1420. The molecule has 1 spiro atoms. The molecule has 5 nitrogen and oxygen atoms in total. The zero-order valence-corrected chi connectivity index (χ0v) is 23.7. The fraction of sp³-hybridized carbons (Fsp3) is 0.500. The van der Waals surface area contributed by atoms with Gasteiger partial charge in [0.25, 0.3) is 0 Å². The maximum absolute atomic E-state index is 13.9. The Hall–Kier alpha value is -3.34. The molecule has 4 bridgehead atoms. The minimum atomic E-state index is -0.931. The molecule has 41 heavy (non-hydrogen) atoms. The van der Waals surface area contributed by atoms with Crippen molar-refractivity contribution in [2.45, 2.75) is 75.9 Å². The normalized spacial score (nSPS) is 29.6. The van der Waals surface area contributed by atoms with Crippen LogP contribution in [0.2, 0.25) is 0 Å². The number of rotatable bonds is 6. The van der Waals surface area contributed by atoms with Gasteiger partial charge in [-0.1, -0.05) is 66.7 Å². The van der Waals surface area contributed by atoms with Gasteiger partial charge in [0.2, 0.25) is 5.91 Å². The van der Waals surface area contributed by atoms with Crippen molar-refractivity contribution in [3.8, 4) is 0 Å². The van der Waals surface area contributed by atoms with Crippen LogP contribution in [0.3, 0.4) is 0 Å². The summed E-state index contributed by atoms with van der Waals surface area (Å²) in [5.74, 6) is 2.57. The molecule has 0 aliphatic heterocycles. The molecule has 6 aliphatic carbocycles. The Balaban J connectivity index is 1.00. The van der Waals surface area contributed by atoms with Gasteiger partial charge >= 0.3 is 6.09 Å². The number of benzene rings is 3. The van der Waals surface area contributed by atoms with Crippen molar-refractivity contribution in [1.82, 2.24) is 10.6 Å². The van der Waals surface area contributed by atoms with Crippen LogP contribution in [0.25, 0.3) is 10.8 Å². The monoisotopic (exact) mass is 548 g/mol. The van der Waals surface area contributed by atoms with Crippen molar-refractivity contribution in [1.29, 1.82) is 0 Å². The summed E-state index contributed by atoms with van der Waals surface area (Å²) in [6.07, 6.45) is 9.69. The molecule has 0 radical (unpaired) electrons. The zero-order valence-electron chi connectivity index (χ0n) is 23.7. The van der Waals surface area contributed by atoms with E-state index in [9.17, 15) is 9.59 Å². The van der Waals surface area contributed by atoms with E-state index < -0.39 is 11.6 Å². The first-order valence-corrected chi connectivity index (χ1v) is 15.8. The van der Waals surface area contributed by atoms with Crippen LogP contribution in [0.15, 0.2) is 66.7 Å². The second kappa shape index (κ2) is 9.61. The van der Waals surface area contributed by atoms with Gasteiger partial charge in [-0.2, -0.15) is 0 Å². The SMILES string of the molecule is O=C(NC1(C(=O)NCCc2ccccc2)CC2(Cc3cccc4cccc(c34)C2)C1)OC1C2CC3CC(C2)CC1C3. The Labute approximate surface area is 242 Å². The third-order valence-electron chi connectivity index (χ3n) is 11.3. The molecule has 0 unspecified atom stereocenters. The summed E-state index contributed by atoms with van der Waals surface area (Å²) in [5, 5.41) is 9.03. The summed E-state index contributed by atoms with van der Waals surface area (Å²) in [7, 11) is 0. The van der Waals surface area contributed by atoms with Gasteiger partial charge in [-0.15, -0.1) is 0 Å². The molecule has 212 valence electrons. The predicted octanol–water partition coefficient (Wildman–Crippen LogP) is 6.37. The van der Waals surface area contributed by atoms with Crippen molar-refractivity contribution in [3.63, 3.8) is 0 Å². The van der Waals surface area contributed by atoms with Crippen molar-refractivity contribution in [3.05, 3.63) is 83.4 Å². The van der Waals surface area contributed by atoms with E-state index >= 15 is 0 Å². The Kier molecular flexibility index (Phi) is 5.95. The largest absolute Gasteiger partial charge is 0.446 e. The topological polar surface area (TPSA) is 67.4 Å². The molecule has 3 aromatic carbocycles. The molecule has 2 N–H and O–H groups in total. The van der Waals surface area contributed by atoms with Gasteiger partial charge in [0, 0.05) is 6.54 Å². The van der Waals surface area contributed by atoms with Crippen LogP contribution in [0, 0.1) is 29.1 Å². The smallest absolute Gasteiger partial charge is 0.408 e. The van der Waals surface area contributed by atoms with Gasteiger partial charge in [0.15, 0.2) is 0 Å². The van der Waals surface area contributed by atoms with E-state index in [0.29, 0.717) is 31.2 Å². The molecule has 5 saturated carbocycles. The average Bonchev–Trinajstić information content (AvgIpc) is 2.94. The number of hydrogen-bond acceptors (Lipinski definition) is 3. The lowest BCUT2D eigenvalue weighted by Crippen LogP contribution is -2.70. The second-order valence-corrected chi connectivity index (χ2v) is 14.1. The van der Waals surface area contributed by atoms with Crippen molar-refractivity contribution in [2.75, 3.05) is 6.54 Å². The Morgan fingerprint density at radius 2 is 1.41 bits per heavy atom. The maximum Gasteiger partial charge on any atom is 0.408 e. The molecule has 0 atom stereocenters. The molecule has 0 saturated heterocycles. The van der Waals surface area contributed by atoms with Gasteiger partial charge in [-0.05, 0) is 121 Å². The van der Waals surface area contributed by atoms with Crippen molar-refractivity contribution >= 4 is 22.8 Å². The lowest BCUT2D eigenvalue weighted by Gasteiger charge is -2.57. The molecular formula is C36H40N2O3. The van der Waals surface area contributed by atoms with E-state index in [1.54, 1.807) is 0 Å². The van der Waals surface area contributed by atoms with E-state index in [-0.39, 0.29) is 17.4 Å². The van der Waals surface area contributed by atoms with Crippen LogP contribution >= 0.6 is 0 Å². The van der Waals surface area contributed by atoms with Crippen LogP contribution in [0.4, 0.5) is 4.79 Å². The lowest BCUT2D eigenvalue weighted by molar-refractivity contribution is -0.140. The number of nitrogens with one attached hydrogen (secondary N) is 2. The second-order valence-electron chi connectivity index (χ2n) is 14.1. The quantitative estimate of drug-likeness (QED) is 0.376. The Morgan fingerprint density at radius 3 is 2.05 bits per heavy atom. The molecule has 6 aliphatic rings. The predicted molar refractivity (Wildman–Crippen MR) is 159 cm³/mol. The lowest BCUT2D eigenvalue weighted by atomic mass is 9.51. The number of amides is 2. The standard InChI is InChI=1S/C36H40N2O3/c39-33(37-13-12-23-6-2-1-3-7-23)36(38-34(40)41-32-29-15-24-14-25(17-29)18-30(32)16-24)21-35(22-36)19-27-10-4-8-26-9-5-11-28(20-35)31(26)27/h1-11,24-25,29-30,32H,12-22H2,(H,37,39)(H,38,40). The molecule has 9 rings (SSSR count). The van der Waals surface area contributed by atoms with Gasteiger partial charge in [-0.25, -0.2) is 4.79 Å². The molecule has 0 aromatic heterocycles. The third-order valence-corrected chi connectivity index (χ3v) is 11.3. The van der Waals surface area contributed by atoms with E-state index in [1.807, 2.05) is 18.2 Å². The molecular weight excluding hydrogens is 508 g/mol. The summed E-state index contributed by atoms with van der Waals surface area (Å²) < 4.78 is 6.23. The fourth-order valence-electron chi connectivity index (χ4n) is 10.0. The van der Waals surface area contributed by atoms with Crippen LogP contribution in [0.1, 0.15) is 61.6 Å². The summed E-state index contributed by atoms with van der Waals surface area (Å²) in [5.41, 5.74) is 2.95. The van der Waals surface area contributed by atoms with Gasteiger partial charge < -0.3 is 15.4 Å². The molecule has 0 heterocycles. The molecule has 5 fully saturated rings. The minimum Gasteiger partial charge on any atom is -0.446 e. The number of ether oxygens (including phenoxy) is 1. The number of hydrogen-bond donors (Lipinski definition) is 2. The maximum atomic E-state index is 13.9. The highest BCUT2D eigenvalue weighted by molar-refractivity contribution is 5.93. The van der Waals surface area contributed by atoms with Crippen LogP contribution < -0.4 is 10.6 Å². The number of alkyl carbamates (subject to hydrolysis) is 1. The van der Waals surface area contributed by atoms with E-state index in [1.165, 1.54) is 59.6 Å². The highest BCUT2D eigenvalue weighted by atomic mass is 16.6. The zero-order chi connectivity index (χ0) is 27.6. The average molecular weight is 549 g/mol. The summed E-state index contributed by atoms with van der Waals surface area (Å²) in [6, 6.07) is 23.4. The summed E-state index contributed by atoms with van der Waals surface area (Å²) in [4.78, 5) is 27.4. The van der Waals surface area contributed by atoms with Gasteiger partial charge in [0.05, 0.1) is 0 Å². The van der Waals surface area contributed by atoms with E-state index in [4.69, 9.17) is 4.74 Å². The number of carbonyl (C=O) groups excluding carboxylic acids is 2. The van der Waals surface area contributed by atoms with Crippen LogP contribution in [-0.2, 0) is 28.8 Å². The number of carbonyl (C=O) groups is 2. The molecule has 3 aromatic rings. The highest BCUT2D eigenvalue weighted by Crippen LogP contribution is 2.57. The van der Waals surface area contributed by atoms with Crippen molar-refractivity contribution < 1.29 is 14.3 Å². The summed E-state index contributed by atoms with van der Waals surface area (Å²) in [6.45, 7) is 0.548. The molecule has 2 amide bonds. The van der Waals surface area contributed by atoms with Crippen LogP contribution in [-0.4, -0.2) is 30.2 Å². The first kappa shape index (κ1) is 25.4. The third kappa shape index (κ3) is 4.43. The summed E-state index contributed by atoms with van der Waals surface area (Å²) >= 11 is 0. The van der Waals surface area contributed by atoms with Gasteiger partial charge in [0.1, 0.15) is 11.6 Å². The molecule has 5 heteroatoms. The van der Waals surface area contributed by atoms with E-state index in [0.717, 1.165) is 31.1 Å². The first-order valence-electron chi connectivity index (χ1n) is 15.8. The van der Waals surface area contributed by atoms with Gasteiger partial charge in [-0.3, -0.25) is 4.79 Å². The Morgan fingerprint density at radius 1 is 0.780 bits per heavy atom.